The quantitative estimate of drug-likeness (QED) is 0.363. The Bertz CT molecular complexity index is 1200. The molecule has 0 saturated heterocycles. The van der Waals surface area contributed by atoms with Crippen LogP contribution in [-0.4, -0.2) is 17.1 Å². The fourth-order valence-electron chi connectivity index (χ4n) is 4.26. The molecular formula is C27H30N2O. The van der Waals surface area contributed by atoms with Crippen molar-refractivity contribution in [3.05, 3.63) is 77.6 Å². The van der Waals surface area contributed by atoms with Gasteiger partial charge in [0, 0.05) is 12.4 Å². The van der Waals surface area contributed by atoms with Gasteiger partial charge in [0.1, 0.15) is 0 Å². The average molecular weight is 399 g/mol. The lowest BCUT2D eigenvalue weighted by atomic mass is 9.78. The third-order valence-electron chi connectivity index (χ3n) is 5.97. The summed E-state index contributed by atoms with van der Waals surface area (Å²) in [5.41, 5.74) is 3.82. The van der Waals surface area contributed by atoms with Gasteiger partial charge in [-0.2, -0.15) is 0 Å². The Labute approximate surface area is 179 Å². The maximum absolute atomic E-state index is 5.11. The van der Waals surface area contributed by atoms with Crippen molar-refractivity contribution in [3.63, 3.8) is 0 Å². The zero-order chi connectivity index (χ0) is 21.5. The molecule has 1 heterocycles. The molecule has 0 atom stereocenters. The van der Waals surface area contributed by atoms with Gasteiger partial charge in [-0.25, -0.2) is 9.97 Å². The number of benzene rings is 3. The maximum atomic E-state index is 5.11. The van der Waals surface area contributed by atoms with Crippen molar-refractivity contribution < 1.29 is 4.74 Å². The van der Waals surface area contributed by atoms with Crippen LogP contribution in [0.1, 0.15) is 51.3 Å². The molecule has 0 fully saturated rings. The lowest BCUT2D eigenvalue weighted by molar-refractivity contribution is 0.377. The highest BCUT2D eigenvalue weighted by molar-refractivity contribution is 6.09. The van der Waals surface area contributed by atoms with Gasteiger partial charge in [-0.1, -0.05) is 77.1 Å². The van der Waals surface area contributed by atoms with E-state index in [4.69, 9.17) is 4.74 Å². The second kappa shape index (κ2) is 7.39. The van der Waals surface area contributed by atoms with Gasteiger partial charge in [0.2, 0.25) is 0 Å². The molecule has 0 N–H and O–H groups in total. The van der Waals surface area contributed by atoms with E-state index in [0.717, 1.165) is 12.0 Å². The standard InChI is InChI=1S/C27H30N2O/c1-26(2,3)24-14-19-9-7-8-10-21(19)23-13-18(11-12-22(23)24)15-27(4,5)20-16-28-25(30-6)29-17-20/h7-14,16-17H,15H2,1-6H3. The van der Waals surface area contributed by atoms with Crippen LogP contribution in [0.3, 0.4) is 0 Å². The first-order chi connectivity index (χ1) is 14.2. The van der Waals surface area contributed by atoms with Gasteiger partial charge in [-0.3, -0.25) is 0 Å². The van der Waals surface area contributed by atoms with Crippen LogP contribution in [-0.2, 0) is 17.3 Å². The lowest BCUT2D eigenvalue weighted by Crippen LogP contribution is -2.21. The minimum absolute atomic E-state index is 0.0859. The molecule has 0 radical (unpaired) electrons. The zero-order valence-corrected chi connectivity index (χ0v) is 18.8. The first-order valence-corrected chi connectivity index (χ1v) is 10.5. The molecule has 0 saturated carbocycles. The molecule has 0 unspecified atom stereocenters. The number of fused-ring (bicyclic) bond motifs is 3. The van der Waals surface area contributed by atoms with Gasteiger partial charge < -0.3 is 4.74 Å². The lowest BCUT2D eigenvalue weighted by Gasteiger charge is -2.26. The number of rotatable bonds is 4. The van der Waals surface area contributed by atoms with Crippen LogP contribution in [0.5, 0.6) is 6.01 Å². The molecule has 30 heavy (non-hydrogen) atoms. The summed E-state index contributed by atoms with van der Waals surface area (Å²) in [6, 6.07) is 18.4. The number of nitrogens with zero attached hydrogens (tertiary/aromatic N) is 2. The van der Waals surface area contributed by atoms with E-state index < -0.39 is 0 Å². The smallest absolute Gasteiger partial charge is 0.316 e. The molecule has 3 nitrogen and oxygen atoms in total. The second-order valence-electron chi connectivity index (χ2n) is 9.79. The highest BCUT2D eigenvalue weighted by Crippen LogP contribution is 2.37. The van der Waals surface area contributed by atoms with Crippen molar-refractivity contribution in [1.82, 2.24) is 9.97 Å². The topological polar surface area (TPSA) is 35.0 Å². The van der Waals surface area contributed by atoms with Gasteiger partial charge in [0.05, 0.1) is 7.11 Å². The van der Waals surface area contributed by atoms with E-state index in [0.29, 0.717) is 6.01 Å². The molecule has 154 valence electrons. The van der Waals surface area contributed by atoms with Crippen LogP contribution in [0.25, 0.3) is 21.5 Å². The van der Waals surface area contributed by atoms with Gasteiger partial charge >= 0.3 is 6.01 Å². The summed E-state index contributed by atoms with van der Waals surface area (Å²) >= 11 is 0. The van der Waals surface area contributed by atoms with Crippen LogP contribution in [0, 0.1) is 0 Å². The van der Waals surface area contributed by atoms with E-state index in [2.05, 4.69) is 93.1 Å². The number of hydrogen-bond donors (Lipinski definition) is 0. The van der Waals surface area contributed by atoms with Crippen molar-refractivity contribution in [3.8, 4) is 6.01 Å². The number of hydrogen-bond acceptors (Lipinski definition) is 3. The summed E-state index contributed by atoms with van der Waals surface area (Å²) in [4.78, 5) is 8.60. The SMILES string of the molecule is COc1ncc(C(C)(C)Cc2ccc3c(C(C)(C)C)cc4ccccc4c3c2)cn1. The van der Waals surface area contributed by atoms with Crippen molar-refractivity contribution in [2.24, 2.45) is 0 Å². The van der Waals surface area contributed by atoms with E-state index in [1.54, 1.807) is 7.11 Å². The Morgan fingerprint density at radius 2 is 1.50 bits per heavy atom. The molecule has 0 aliphatic carbocycles. The molecule has 0 bridgehead atoms. The van der Waals surface area contributed by atoms with Crippen LogP contribution < -0.4 is 4.74 Å². The van der Waals surface area contributed by atoms with Crippen molar-refractivity contribution in [2.45, 2.75) is 51.9 Å². The van der Waals surface area contributed by atoms with Gasteiger partial charge in [-0.05, 0) is 61.6 Å². The van der Waals surface area contributed by atoms with E-state index in [-0.39, 0.29) is 10.8 Å². The predicted octanol–water partition coefficient (Wildman–Crippen LogP) is 6.61. The largest absolute Gasteiger partial charge is 0.467 e. The molecule has 4 aromatic rings. The van der Waals surface area contributed by atoms with Crippen LogP contribution in [0.2, 0.25) is 0 Å². The molecular weight excluding hydrogens is 368 g/mol. The Balaban J connectivity index is 1.81. The monoisotopic (exact) mass is 398 g/mol. The Morgan fingerprint density at radius 1 is 0.800 bits per heavy atom. The highest BCUT2D eigenvalue weighted by Gasteiger charge is 2.24. The van der Waals surface area contributed by atoms with Crippen molar-refractivity contribution >= 4 is 21.5 Å². The van der Waals surface area contributed by atoms with E-state index in [9.17, 15) is 0 Å². The summed E-state index contributed by atoms with van der Waals surface area (Å²) < 4.78 is 5.11. The van der Waals surface area contributed by atoms with E-state index in [1.807, 2.05) is 12.4 Å². The molecule has 4 rings (SSSR count). The van der Waals surface area contributed by atoms with E-state index >= 15 is 0 Å². The van der Waals surface area contributed by atoms with Gasteiger partial charge in [0.15, 0.2) is 0 Å². The first-order valence-electron chi connectivity index (χ1n) is 10.5. The molecule has 0 aliphatic heterocycles. The first kappa shape index (κ1) is 20.3. The fourth-order valence-corrected chi connectivity index (χ4v) is 4.26. The number of ether oxygens (including phenoxy) is 1. The third-order valence-corrected chi connectivity index (χ3v) is 5.97. The minimum Gasteiger partial charge on any atom is -0.467 e. The Morgan fingerprint density at radius 3 is 2.17 bits per heavy atom. The zero-order valence-electron chi connectivity index (χ0n) is 18.8. The molecule has 0 spiro atoms. The number of aromatic nitrogens is 2. The van der Waals surface area contributed by atoms with Crippen LogP contribution >= 0.6 is 0 Å². The van der Waals surface area contributed by atoms with Crippen LogP contribution in [0.15, 0.2) is 60.9 Å². The summed E-state index contributed by atoms with van der Waals surface area (Å²) in [5, 5.41) is 5.29. The van der Waals surface area contributed by atoms with Crippen LogP contribution in [0.4, 0.5) is 0 Å². The Kier molecular flexibility index (Phi) is 5.01. The van der Waals surface area contributed by atoms with Crippen molar-refractivity contribution in [2.75, 3.05) is 7.11 Å². The molecule has 0 aliphatic rings. The summed E-state index contributed by atoms with van der Waals surface area (Å²) in [5.74, 6) is 0. The predicted molar refractivity (Wildman–Crippen MR) is 125 cm³/mol. The molecule has 3 aromatic carbocycles. The fraction of sp³-hybridized carbons (Fsp3) is 0.333. The van der Waals surface area contributed by atoms with E-state index in [1.165, 1.54) is 32.7 Å². The second-order valence-corrected chi connectivity index (χ2v) is 9.79. The summed E-state index contributed by atoms with van der Waals surface area (Å²) in [6.07, 6.45) is 4.66. The molecule has 3 heteroatoms. The third kappa shape index (κ3) is 3.77. The molecule has 0 amide bonds. The Hall–Kier alpha value is -2.94. The van der Waals surface area contributed by atoms with Crippen molar-refractivity contribution in [1.29, 1.82) is 0 Å². The maximum Gasteiger partial charge on any atom is 0.316 e. The summed E-state index contributed by atoms with van der Waals surface area (Å²) in [7, 11) is 1.59. The average Bonchev–Trinajstić information content (AvgIpc) is 2.72. The highest BCUT2D eigenvalue weighted by atomic mass is 16.5. The van der Waals surface area contributed by atoms with Gasteiger partial charge in [-0.15, -0.1) is 0 Å². The number of methoxy groups -OCH3 is 1. The normalized spacial score (nSPS) is 12.5. The van der Waals surface area contributed by atoms with Gasteiger partial charge in [0.25, 0.3) is 0 Å². The summed E-state index contributed by atoms with van der Waals surface area (Å²) in [6.45, 7) is 11.4. The molecule has 1 aromatic heterocycles. The minimum atomic E-state index is -0.0859.